The minimum absolute atomic E-state index is 0.0479. The summed E-state index contributed by atoms with van der Waals surface area (Å²) in [4.78, 5) is 33.9. The van der Waals surface area contributed by atoms with Crippen LogP contribution in [0.1, 0.15) is 9.67 Å². The van der Waals surface area contributed by atoms with Crippen LogP contribution in [0.25, 0.3) is 0 Å². The Bertz CT molecular complexity index is 700. The van der Waals surface area contributed by atoms with Crippen molar-refractivity contribution in [3.8, 4) is 5.75 Å². The molecule has 24 heavy (non-hydrogen) atoms. The number of nitrogens with one attached hydrogen (secondary N) is 2. The molecule has 8 nitrogen and oxygen atoms in total. The highest BCUT2D eigenvalue weighted by molar-refractivity contribution is 7.12. The fourth-order valence-electron chi connectivity index (χ4n) is 1.74. The van der Waals surface area contributed by atoms with Crippen LogP contribution >= 0.6 is 11.3 Å². The minimum atomic E-state index is -0.513. The lowest BCUT2D eigenvalue weighted by molar-refractivity contribution is -0.384. The summed E-state index contributed by atoms with van der Waals surface area (Å²) in [5.74, 6) is -0.165. The summed E-state index contributed by atoms with van der Waals surface area (Å²) in [6.45, 7) is 0.371. The van der Waals surface area contributed by atoms with Crippen molar-refractivity contribution in [3.63, 3.8) is 0 Å². The number of rotatable bonds is 8. The van der Waals surface area contributed by atoms with Gasteiger partial charge in [-0.25, -0.2) is 0 Å². The number of thiophene rings is 1. The lowest BCUT2D eigenvalue weighted by Crippen LogP contribution is -2.36. The molecule has 2 rings (SSSR count). The zero-order chi connectivity index (χ0) is 17.4. The first-order chi connectivity index (χ1) is 11.6. The van der Waals surface area contributed by atoms with E-state index in [0.717, 1.165) is 0 Å². The maximum atomic E-state index is 11.7. The van der Waals surface area contributed by atoms with Gasteiger partial charge in [-0.05, 0) is 23.6 Å². The van der Waals surface area contributed by atoms with Gasteiger partial charge >= 0.3 is 0 Å². The molecule has 2 amide bonds. The number of nitro groups is 1. The molecule has 9 heteroatoms. The maximum absolute atomic E-state index is 11.7. The van der Waals surface area contributed by atoms with E-state index in [1.807, 2.05) is 5.38 Å². The molecule has 2 aromatic rings. The number of non-ortho nitro benzene ring substituents is 1. The quantitative estimate of drug-likeness (QED) is 0.427. The summed E-state index contributed by atoms with van der Waals surface area (Å²) in [6.07, 6.45) is 0. The summed E-state index contributed by atoms with van der Waals surface area (Å²) in [5, 5.41) is 17.6. The average Bonchev–Trinajstić information content (AvgIpc) is 3.11. The van der Waals surface area contributed by atoms with E-state index in [9.17, 15) is 19.7 Å². The summed E-state index contributed by atoms with van der Waals surface area (Å²) in [5.41, 5.74) is -0.0479. The molecule has 0 aliphatic rings. The van der Waals surface area contributed by atoms with Crippen LogP contribution < -0.4 is 15.4 Å². The SMILES string of the molecule is O=C(COc1ccc([N+](=O)[O-])cc1)NCCNC(=O)c1cccs1. The van der Waals surface area contributed by atoms with Gasteiger partial charge in [0.15, 0.2) is 6.61 Å². The van der Waals surface area contributed by atoms with Gasteiger partial charge in [-0.1, -0.05) is 6.07 Å². The lowest BCUT2D eigenvalue weighted by atomic mass is 10.3. The number of ether oxygens (including phenoxy) is 1. The van der Waals surface area contributed by atoms with Crippen molar-refractivity contribution in [2.45, 2.75) is 0 Å². The Morgan fingerprint density at radius 3 is 2.46 bits per heavy atom. The Morgan fingerprint density at radius 2 is 1.83 bits per heavy atom. The zero-order valence-electron chi connectivity index (χ0n) is 12.6. The third kappa shape index (κ3) is 5.36. The third-order valence-corrected chi connectivity index (χ3v) is 3.76. The van der Waals surface area contributed by atoms with Gasteiger partial charge in [-0.3, -0.25) is 19.7 Å². The van der Waals surface area contributed by atoms with Crippen molar-refractivity contribution >= 4 is 28.8 Å². The first kappa shape index (κ1) is 17.4. The highest BCUT2D eigenvalue weighted by atomic mass is 32.1. The van der Waals surface area contributed by atoms with Crippen LogP contribution in [0.15, 0.2) is 41.8 Å². The van der Waals surface area contributed by atoms with E-state index in [2.05, 4.69) is 10.6 Å². The average molecular weight is 349 g/mol. The Labute approximate surface area is 141 Å². The molecule has 0 bridgehead atoms. The lowest BCUT2D eigenvalue weighted by Gasteiger charge is -2.08. The second-order valence-corrected chi connectivity index (χ2v) is 5.57. The molecule has 0 aliphatic heterocycles. The van der Waals surface area contributed by atoms with E-state index in [1.54, 1.807) is 12.1 Å². The number of amides is 2. The summed E-state index contributed by atoms with van der Waals surface area (Å²) >= 11 is 1.34. The zero-order valence-corrected chi connectivity index (χ0v) is 13.4. The molecular weight excluding hydrogens is 334 g/mol. The van der Waals surface area contributed by atoms with Crippen LogP contribution in [0.4, 0.5) is 5.69 Å². The molecule has 0 aliphatic carbocycles. The molecule has 2 N–H and O–H groups in total. The van der Waals surface area contributed by atoms with Gasteiger partial charge in [0.2, 0.25) is 0 Å². The van der Waals surface area contributed by atoms with Gasteiger partial charge in [0, 0.05) is 25.2 Å². The van der Waals surface area contributed by atoms with Crippen LogP contribution in [0, 0.1) is 10.1 Å². The smallest absolute Gasteiger partial charge is 0.269 e. The third-order valence-electron chi connectivity index (χ3n) is 2.90. The molecule has 0 saturated heterocycles. The molecule has 1 heterocycles. The monoisotopic (exact) mass is 349 g/mol. The molecule has 0 radical (unpaired) electrons. The summed E-state index contributed by atoms with van der Waals surface area (Å²) < 4.78 is 5.22. The molecule has 0 spiro atoms. The number of nitro benzene ring substituents is 1. The largest absolute Gasteiger partial charge is 0.484 e. The molecule has 1 aromatic carbocycles. The van der Waals surface area contributed by atoms with Crippen LogP contribution in [-0.4, -0.2) is 36.4 Å². The van der Waals surface area contributed by atoms with Crippen molar-refractivity contribution in [1.82, 2.24) is 10.6 Å². The fraction of sp³-hybridized carbons (Fsp3) is 0.200. The number of hydrogen-bond acceptors (Lipinski definition) is 6. The number of nitrogens with zero attached hydrogens (tertiary/aromatic N) is 1. The van der Waals surface area contributed by atoms with E-state index in [1.165, 1.54) is 35.6 Å². The van der Waals surface area contributed by atoms with Crippen LogP contribution in [0.2, 0.25) is 0 Å². The predicted octanol–water partition coefficient (Wildman–Crippen LogP) is 1.58. The van der Waals surface area contributed by atoms with E-state index >= 15 is 0 Å². The standard InChI is InChI=1S/C15H15N3O5S/c19-14(10-23-12-5-3-11(4-6-12)18(21)22)16-7-8-17-15(20)13-2-1-9-24-13/h1-6,9H,7-8,10H2,(H,16,19)(H,17,20). The first-order valence-electron chi connectivity index (χ1n) is 7.02. The highest BCUT2D eigenvalue weighted by Gasteiger charge is 2.07. The Morgan fingerprint density at radius 1 is 1.12 bits per heavy atom. The van der Waals surface area contributed by atoms with Gasteiger partial charge in [0.1, 0.15) is 5.75 Å². The molecule has 0 saturated carbocycles. The second-order valence-electron chi connectivity index (χ2n) is 4.62. The van der Waals surface area contributed by atoms with Gasteiger partial charge in [-0.15, -0.1) is 11.3 Å². The fourth-order valence-corrected chi connectivity index (χ4v) is 2.38. The van der Waals surface area contributed by atoms with Gasteiger partial charge in [-0.2, -0.15) is 0 Å². The Hall–Kier alpha value is -2.94. The topological polar surface area (TPSA) is 111 Å². The van der Waals surface area contributed by atoms with E-state index < -0.39 is 4.92 Å². The number of carbonyl (C=O) groups excluding carboxylic acids is 2. The van der Waals surface area contributed by atoms with Crippen LogP contribution in [-0.2, 0) is 4.79 Å². The molecular formula is C15H15N3O5S. The Balaban J connectivity index is 1.63. The number of hydrogen-bond donors (Lipinski definition) is 2. The van der Waals surface area contributed by atoms with Crippen molar-refractivity contribution < 1.29 is 19.2 Å². The molecule has 0 unspecified atom stereocenters. The second kappa shape index (κ2) is 8.63. The van der Waals surface area contributed by atoms with Crippen LogP contribution in [0.5, 0.6) is 5.75 Å². The predicted molar refractivity (Wildman–Crippen MR) is 88.3 cm³/mol. The minimum Gasteiger partial charge on any atom is -0.484 e. The van der Waals surface area contributed by atoms with E-state index in [-0.39, 0.29) is 30.7 Å². The summed E-state index contributed by atoms with van der Waals surface area (Å²) in [7, 11) is 0. The van der Waals surface area contributed by atoms with Crippen molar-refractivity contribution in [3.05, 3.63) is 56.8 Å². The van der Waals surface area contributed by atoms with Crippen molar-refractivity contribution in [1.29, 1.82) is 0 Å². The molecule has 0 fully saturated rings. The molecule has 0 atom stereocenters. The number of benzene rings is 1. The maximum Gasteiger partial charge on any atom is 0.269 e. The first-order valence-corrected chi connectivity index (χ1v) is 7.90. The van der Waals surface area contributed by atoms with Crippen LogP contribution in [0.3, 0.4) is 0 Å². The van der Waals surface area contributed by atoms with Gasteiger partial charge in [0.25, 0.3) is 17.5 Å². The molecule has 126 valence electrons. The van der Waals surface area contributed by atoms with Gasteiger partial charge < -0.3 is 15.4 Å². The van der Waals surface area contributed by atoms with Gasteiger partial charge in [0.05, 0.1) is 9.80 Å². The normalized spacial score (nSPS) is 10.0. The van der Waals surface area contributed by atoms with E-state index in [0.29, 0.717) is 17.2 Å². The van der Waals surface area contributed by atoms with E-state index in [4.69, 9.17) is 4.74 Å². The van der Waals surface area contributed by atoms with Crippen molar-refractivity contribution in [2.75, 3.05) is 19.7 Å². The highest BCUT2D eigenvalue weighted by Crippen LogP contribution is 2.16. The Kier molecular flexibility index (Phi) is 6.26. The molecule has 1 aromatic heterocycles. The summed E-state index contributed by atoms with van der Waals surface area (Å²) in [6, 6.07) is 8.95. The van der Waals surface area contributed by atoms with Crippen molar-refractivity contribution in [2.24, 2.45) is 0 Å². The number of carbonyl (C=O) groups is 2.